The fourth-order valence-corrected chi connectivity index (χ4v) is 2.50. The summed E-state index contributed by atoms with van der Waals surface area (Å²) < 4.78 is 27.1. The van der Waals surface area contributed by atoms with Crippen LogP contribution in [0, 0.1) is 0 Å². The molecule has 1 aliphatic rings. The SMILES string of the molecule is CO[C@H]1O[C@@H](COC(C)=O)[C@H](OCc2ccccc2)[C@@H]1OC(C)=O. The van der Waals surface area contributed by atoms with E-state index in [1.54, 1.807) is 0 Å². The summed E-state index contributed by atoms with van der Waals surface area (Å²) in [4.78, 5) is 22.4. The minimum Gasteiger partial charge on any atom is -0.463 e. The van der Waals surface area contributed by atoms with Crippen LogP contribution in [0.4, 0.5) is 0 Å². The van der Waals surface area contributed by atoms with Crippen molar-refractivity contribution in [1.82, 2.24) is 0 Å². The highest BCUT2D eigenvalue weighted by molar-refractivity contribution is 5.66. The first-order valence-corrected chi connectivity index (χ1v) is 7.65. The minimum absolute atomic E-state index is 0.00753. The first kappa shape index (κ1) is 18.4. The number of hydrogen-bond donors (Lipinski definition) is 0. The molecule has 0 bridgehead atoms. The van der Waals surface area contributed by atoms with E-state index in [4.69, 9.17) is 23.7 Å². The Morgan fingerprint density at radius 3 is 2.38 bits per heavy atom. The minimum atomic E-state index is -0.782. The molecule has 1 aliphatic heterocycles. The number of carbonyl (C=O) groups excluding carboxylic acids is 2. The van der Waals surface area contributed by atoms with Crippen molar-refractivity contribution in [2.24, 2.45) is 0 Å². The Labute approximate surface area is 140 Å². The van der Waals surface area contributed by atoms with E-state index >= 15 is 0 Å². The molecule has 24 heavy (non-hydrogen) atoms. The van der Waals surface area contributed by atoms with Gasteiger partial charge in [-0.3, -0.25) is 9.59 Å². The largest absolute Gasteiger partial charge is 0.463 e. The Morgan fingerprint density at radius 2 is 1.79 bits per heavy atom. The van der Waals surface area contributed by atoms with Crippen LogP contribution in [0.1, 0.15) is 19.4 Å². The molecule has 0 radical (unpaired) electrons. The van der Waals surface area contributed by atoms with Gasteiger partial charge in [-0.15, -0.1) is 0 Å². The van der Waals surface area contributed by atoms with Gasteiger partial charge in [0.05, 0.1) is 6.61 Å². The predicted octanol–water partition coefficient (Wildman–Crippen LogP) is 1.44. The monoisotopic (exact) mass is 338 g/mol. The van der Waals surface area contributed by atoms with Crippen molar-refractivity contribution in [1.29, 1.82) is 0 Å². The van der Waals surface area contributed by atoms with Crippen LogP contribution in [0.3, 0.4) is 0 Å². The van der Waals surface area contributed by atoms with Gasteiger partial charge in [0.15, 0.2) is 12.4 Å². The van der Waals surface area contributed by atoms with Crippen molar-refractivity contribution in [3.63, 3.8) is 0 Å². The quantitative estimate of drug-likeness (QED) is 0.696. The molecule has 1 saturated heterocycles. The van der Waals surface area contributed by atoms with Crippen LogP contribution >= 0.6 is 0 Å². The van der Waals surface area contributed by atoms with E-state index in [1.807, 2.05) is 30.3 Å². The smallest absolute Gasteiger partial charge is 0.303 e. The molecule has 0 saturated carbocycles. The molecule has 0 spiro atoms. The number of esters is 2. The maximum atomic E-state index is 11.4. The molecule has 0 unspecified atom stereocenters. The van der Waals surface area contributed by atoms with Gasteiger partial charge in [-0.2, -0.15) is 0 Å². The van der Waals surface area contributed by atoms with Crippen molar-refractivity contribution in [3.8, 4) is 0 Å². The van der Waals surface area contributed by atoms with Crippen molar-refractivity contribution >= 4 is 11.9 Å². The number of hydrogen-bond acceptors (Lipinski definition) is 7. The lowest BCUT2D eigenvalue weighted by molar-refractivity contribution is -0.181. The lowest BCUT2D eigenvalue weighted by Gasteiger charge is -2.23. The van der Waals surface area contributed by atoms with Gasteiger partial charge in [0.25, 0.3) is 0 Å². The molecule has 4 atom stereocenters. The highest BCUT2D eigenvalue weighted by atomic mass is 16.7. The van der Waals surface area contributed by atoms with Crippen molar-refractivity contribution < 1.29 is 33.3 Å². The molecule has 2 rings (SSSR count). The molecular weight excluding hydrogens is 316 g/mol. The summed E-state index contributed by atoms with van der Waals surface area (Å²) in [5.74, 6) is -0.891. The summed E-state index contributed by atoms with van der Waals surface area (Å²) in [6, 6.07) is 9.56. The van der Waals surface area contributed by atoms with Crippen molar-refractivity contribution in [2.45, 2.75) is 45.1 Å². The summed E-state index contributed by atoms with van der Waals surface area (Å²) in [5, 5.41) is 0. The molecule has 0 amide bonds. The molecular formula is C17H22O7. The van der Waals surface area contributed by atoms with Crippen LogP contribution in [0.5, 0.6) is 0 Å². The molecule has 0 N–H and O–H groups in total. The number of carbonyl (C=O) groups is 2. The van der Waals surface area contributed by atoms with Gasteiger partial charge in [-0.1, -0.05) is 30.3 Å². The highest BCUT2D eigenvalue weighted by Gasteiger charge is 2.48. The van der Waals surface area contributed by atoms with Gasteiger partial charge in [-0.25, -0.2) is 0 Å². The average molecular weight is 338 g/mol. The lowest BCUT2D eigenvalue weighted by atomic mass is 10.1. The molecule has 1 heterocycles. The standard InChI is InChI=1S/C17H22O7/c1-11(18)21-10-14-15(22-9-13-7-5-4-6-8-13)16(23-12(2)19)17(20-3)24-14/h4-8,14-17H,9-10H2,1-3H3/t14-,15-,16-,17-/m0/s1. The lowest BCUT2D eigenvalue weighted by Crippen LogP contribution is -2.40. The van der Waals surface area contributed by atoms with Crippen molar-refractivity contribution in [2.75, 3.05) is 13.7 Å². The zero-order chi connectivity index (χ0) is 17.5. The van der Waals surface area contributed by atoms with E-state index in [1.165, 1.54) is 21.0 Å². The van der Waals surface area contributed by atoms with Gasteiger partial charge in [-0.05, 0) is 5.56 Å². The first-order valence-electron chi connectivity index (χ1n) is 7.65. The summed E-state index contributed by atoms with van der Waals surface area (Å²) >= 11 is 0. The Kier molecular flexibility index (Phi) is 6.72. The summed E-state index contributed by atoms with van der Waals surface area (Å²) in [6.45, 7) is 2.92. The fraction of sp³-hybridized carbons (Fsp3) is 0.529. The van der Waals surface area contributed by atoms with E-state index in [9.17, 15) is 9.59 Å². The number of ether oxygens (including phenoxy) is 5. The van der Waals surface area contributed by atoms with Gasteiger partial charge in [0, 0.05) is 21.0 Å². The summed E-state index contributed by atoms with van der Waals surface area (Å²) in [6.07, 6.45) is -2.72. The zero-order valence-corrected chi connectivity index (χ0v) is 14.0. The van der Waals surface area contributed by atoms with Crippen molar-refractivity contribution in [3.05, 3.63) is 35.9 Å². The number of methoxy groups -OCH3 is 1. The van der Waals surface area contributed by atoms with E-state index < -0.39 is 36.5 Å². The Bertz CT molecular complexity index is 545. The molecule has 1 fully saturated rings. The van der Waals surface area contributed by atoms with Gasteiger partial charge < -0.3 is 23.7 Å². The van der Waals surface area contributed by atoms with Gasteiger partial charge >= 0.3 is 11.9 Å². The molecule has 132 valence electrons. The second-order valence-electron chi connectivity index (χ2n) is 5.42. The van der Waals surface area contributed by atoms with Crippen LogP contribution in [0.15, 0.2) is 30.3 Å². The van der Waals surface area contributed by atoms with E-state index in [0.29, 0.717) is 6.61 Å². The number of benzene rings is 1. The normalized spacial score (nSPS) is 26.1. The van der Waals surface area contributed by atoms with E-state index in [2.05, 4.69) is 0 Å². The Hall–Kier alpha value is -1.96. The third kappa shape index (κ3) is 5.02. The Balaban J connectivity index is 2.09. The number of rotatable bonds is 7. The van der Waals surface area contributed by atoms with Crippen LogP contribution in [-0.2, 0) is 39.9 Å². The van der Waals surface area contributed by atoms with Crippen LogP contribution in [0.25, 0.3) is 0 Å². The molecule has 7 heteroatoms. The topological polar surface area (TPSA) is 80.3 Å². The summed E-state index contributed by atoms with van der Waals surface area (Å²) in [7, 11) is 1.45. The average Bonchev–Trinajstić information content (AvgIpc) is 2.88. The molecule has 0 aromatic heterocycles. The van der Waals surface area contributed by atoms with E-state index in [-0.39, 0.29) is 6.61 Å². The van der Waals surface area contributed by atoms with Crippen LogP contribution < -0.4 is 0 Å². The maximum Gasteiger partial charge on any atom is 0.303 e. The second-order valence-corrected chi connectivity index (χ2v) is 5.42. The van der Waals surface area contributed by atoms with E-state index in [0.717, 1.165) is 5.56 Å². The van der Waals surface area contributed by atoms with Crippen LogP contribution in [-0.4, -0.2) is 50.3 Å². The van der Waals surface area contributed by atoms with Crippen LogP contribution in [0.2, 0.25) is 0 Å². The zero-order valence-electron chi connectivity index (χ0n) is 14.0. The highest BCUT2D eigenvalue weighted by Crippen LogP contribution is 2.28. The van der Waals surface area contributed by atoms with Gasteiger partial charge in [0.2, 0.25) is 0 Å². The molecule has 7 nitrogen and oxygen atoms in total. The Morgan fingerprint density at radius 1 is 1.08 bits per heavy atom. The first-order chi connectivity index (χ1) is 11.5. The molecule has 1 aromatic carbocycles. The maximum absolute atomic E-state index is 11.4. The summed E-state index contributed by atoms with van der Waals surface area (Å²) in [5.41, 5.74) is 0.964. The second kappa shape index (κ2) is 8.77. The van der Waals surface area contributed by atoms with Gasteiger partial charge in [0.1, 0.15) is 18.8 Å². The third-order valence-electron chi connectivity index (χ3n) is 3.54. The fourth-order valence-electron chi connectivity index (χ4n) is 2.50. The molecule has 0 aliphatic carbocycles. The molecule has 1 aromatic rings. The predicted molar refractivity (Wildman–Crippen MR) is 82.9 cm³/mol. The third-order valence-corrected chi connectivity index (χ3v) is 3.54.